The van der Waals surface area contributed by atoms with Crippen molar-refractivity contribution in [2.75, 3.05) is 44.9 Å². The minimum Gasteiger partial charge on any atom is -0.455 e. The lowest BCUT2D eigenvalue weighted by Gasteiger charge is -2.21. The molecule has 1 fully saturated rings. The van der Waals surface area contributed by atoms with Gasteiger partial charge in [0.05, 0.1) is 52.4 Å². The van der Waals surface area contributed by atoms with Crippen LogP contribution < -0.4 is 9.62 Å². The van der Waals surface area contributed by atoms with Crippen LogP contribution in [0.1, 0.15) is 22.6 Å². The van der Waals surface area contributed by atoms with Crippen molar-refractivity contribution in [1.29, 1.82) is 0 Å². The number of aromatic nitrogens is 3. The summed E-state index contributed by atoms with van der Waals surface area (Å²) in [6.07, 6.45) is 2.11. The molecule has 0 radical (unpaired) electrons. The fourth-order valence-electron chi connectivity index (χ4n) is 7.09. The van der Waals surface area contributed by atoms with Crippen molar-refractivity contribution >= 4 is 60.0 Å². The summed E-state index contributed by atoms with van der Waals surface area (Å²) in [4.78, 5) is 25.7. The Labute approximate surface area is 297 Å². The molecule has 0 saturated carbocycles. The molecular weight excluding hydrogens is 691 g/mol. The zero-order chi connectivity index (χ0) is 36.5. The quantitative estimate of drug-likeness (QED) is 0.192. The van der Waals surface area contributed by atoms with Crippen LogP contribution in [0, 0.1) is 11.6 Å². The average molecular weight is 725 g/mol. The minimum absolute atomic E-state index is 0.126. The molecule has 8 rings (SSSR count). The van der Waals surface area contributed by atoms with Gasteiger partial charge in [-0.1, -0.05) is 6.07 Å². The molecule has 5 heterocycles. The van der Waals surface area contributed by atoms with Crippen LogP contribution >= 0.6 is 0 Å². The van der Waals surface area contributed by atoms with Crippen LogP contribution in [-0.2, 0) is 21.3 Å². The van der Waals surface area contributed by atoms with E-state index in [-0.39, 0.29) is 34.5 Å². The fourth-order valence-corrected chi connectivity index (χ4v) is 7.60. The first kappa shape index (κ1) is 33.7. The maximum Gasteiger partial charge on any atom is 0.255 e. The van der Waals surface area contributed by atoms with Crippen LogP contribution in [0.25, 0.3) is 61.0 Å². The Bertz CT molecular complexity index is 2680. The highest BCUT2D eigenvalue weighted by Gasteiger charge is 2.28. The van der Waals surface area contributed by atoms with Gasteiger partial charge in [0, 0.05) is 62.3 Å². The van der Waals surface area contributed by atoms with E-state index < -0.39 is 21.7 Å². The minimum atomic E-state index is -3.79. The molecule has 4 aromatic heterocycles. The third-order valence-electron chi connectivity index (χ3n) is 9.82. The molecule has 1 saturated heterocycles. The smallest absolute Gasteiger partial charge is 0.255 e. The van der Waals surface area contributed by atoms with Crippen LogP contribution in [0.5, 0.6) is 0 Å². The van der Waals surface area contributed by atoms with Gasteiger partial charge in [-0.25, -0.2) is 27.2 Å². The van der Waals surface area contributed by atoms with Gasteiger partial charge in [-0.3, -0.25) is 18.4 Å². The van der Waals surface area contributed by atoms with Crippen LogP contribution in [0.3, 0.4) is 0 Å². The Morgan fingerprint density at radius 3 is 2.54 bits per heavy atom. The molecule has 52 heavy (non-hydrogen) atoms. The number of rotatable bonds is 8. The Hall–Kier alpha value is -5.44. The summed E-state index contributed by atoms with van der Waals surface area (Å²) in [5, 5.41) is 3.47. The number of nitrogens with zero attached hydrogens (tertiary/aromatic N) is 5. The zero-order valence-corrected chi connectivity index (χ0v) is 29.6. The van der Waals surface area contributed by atoms with E-state index in [1.807, 2.05) is 16.5 Å². The standard InChI is InChI=1S/C38H34F2N6O5S/c1-41-38(47)35-26-16-25(31(44(2)52(4,48)49)18-33(26)51-37(35)21-8-10-22(39)11-9-21)28-12-13-29-36(43-28)32-17-24-27(40)6-5-7-30(24)46(32)34(42-29)20-45-15-14-23(19-45)50-3/h5-13,16-18,23H,14-15,19-20H2,1-4H3,(H,41,47)/t23-/m1/s1. The van der Waals surface area contributed by atoms with Crippen molar-refractivity contribution < 1.29 is 31.1 Å². The van der Waals surface area contributed by atoms with Crippen LogP contribution in [0.2, 0.25) is 0 Å². The first-order chi connectivity index (χ1) is 24.9. The number of halogens is 2. The molecule has 1 aliphatic rings. The maximum absolute atomic E-state index is 15.3. The lowest BCUT2D eigenvalue weighted by molar-refractivity contribution is 0.0964. The number of amides is 1. The van der Waals surface area contributed by atoms with E-state index in [0.717, 1.165) is 35.9 Å². The SMILES string of the molecule is CNC(=O)c1c(-c2ccc(F)cc2)oc2cc(N(C)S(C)(=O)=O)c(-c3ccc4nc(CN5CC[C@@H](OC)C5)n5c6cccc(F)c6cc5c4n3)cc12. The van der Waals surface area contributed by atoms with E-state index in [2.05, 4.69) is 10.2 Å². The van der Waals surface area contributed by atoms with Gasteiger partial charge in [0.2, 0.25) is 10.0 Å². The molecule has 0 aliphatic carbocycles. The molecule has 1 atom stereocenters. The number of anilines is 1. The molecule has 14 heteroatoms. The third-order valence-corrected chi connectivity index (χ3v) is 11.0. The number of furan rings is 1. The van der Waals surface area contributed by atoms with Crippen molar-refractivity contribution in [3.63, 3.8) is 0 Å². The fraction of sp³-hybridized carbons (Fsp3) is 0.237. The molecule has 266 valence electrons. The second-order valence-corrected chi connectivity index (χ2v) is 15.0. The predicted octanol–water partition coefficient (Wildman–Crippen LogP) is 6.37. The number of ether oxygens (including phenoxy) is 1. The summed E-state index contributed by atoms with van der Waals surface area (Å²) >= 11 is 0. The Balaban J connectivity index is 1.38. The normalized spacial score (nSPS) is 15.4. The van der Waals surface area contributed by atoms with Gasteiger partial charge in [-0.15, -0.1) is 0 Å². The number of carbonyl (C=O) groups excluding carboxylic acids is 1. The number of pyridine rings is 1. The van der Waals surface area contributed by atoms with Crippen molar-refractivity contribution in [2.45, 2.75) is 19.1 Å². The molecule has 7 aromatic rings. The van der Waals surface area contributed by atoms with Crippen LogP contribution in [0.15, 0.2) is 77.2 Å². The first-order valence-corrected chi connectivity index (χ1v) is 18.5. The van der Waals surface area contributed by atoms with E-state index in [0.29, 0.717) is 56.2 Å². The summed E-state index contributed by atoms with van der Waals surface area (Å²) in [6.45, 7) is 2.09. The topological polar surface area (TPSA) is 122 Å². The number of hydrogen-bond donors (Lipinski definition) is 1. The number of likely N-dealkylation sites (tertiary alicyclic amines) is 1. The van der Waals surface area contributed by atoms with Gasteiger partial charge in [-0.2, -0.15) is 0 Å². The molecule has 11 nitrogen and oxygen atoms in total. The van der Waals surface area contributed by atoms with E-state index >= 15 is 4.39 Å². The van der Waals surface area contributed by atoms with Gasteiger partial charge in [0.1, 0.15) is 34.3 Å². The van der Waals surface area contributed by atoms with Gasteiger partial charge in [0.15, 0.2) is 0 Å². The molecule has 1 amide bonds. The maximum atomic E-state index is 15.3. The number of nitrogens with one attached hydrogen (secondary N) is 1. The van der Waals surface area contributed by atoms with Crippen molar-refractivity contribution in [3.8, 4) is 22.6 Å². The van der Waals surface area contributed by atoms with Crippen molar-refractivity contribution in [2.24, 2.45) is 0 Å². The third kappa shape index (κ3) is 5.63. The Morgan fingerprint density at radius 2 is 1.83 bits per heavy atom. The number of sulfonamides is 1. The Kier molecular flexibility index (Phi) is 8.20. The van der Waals surface area contributed by atoms with Gasteiger partial charge in [-0.05, 0) is 67.1 Å². The average Bonchev–Trinajstić information content (AvgIpc) is 3.86. The number of benzene rings is 3. The monoisotopic (exact) mass is 724 g/mol. The second kappa shape index (κ2) is 12.7. The molecular formula is C38H34F2N6O5S. The number of hydrogen-bond acceptors (Lipinski definition) is 8. The van der Waals surface area contributed by atoms with Gasteiger partial charge >= 0.3 is 0 Å². The summed E-state index contributed by atoms with van der Waals surface area (Å²) in [5.74, 6) is -0.363. The van der Waals surface area contributed by atoms with Crippen LogP contribution in [0.4, 0.5) is 14.5 Å². The van der Waals surface area contributed by atoms with E-state index in [1.54, 1.807) is 37.4 Å². The zero-order valence-electron chi connectivity index (χ0n) is 28.8. The molecule has 0 spiro atoms. The summed E-state index contributed by atoms with van der Waals surface area (Å²) < 4.78 is 69.9. The predicted molar refractivity (Wildman–Crippen MR) is 196 cm³/mol. The largest absolute Gasteiger partial charge is 0.455 e. The molecule has 0 bridgehead atoms. The van der Waals surface area contributed by atoms with Crippen molar-refractivity contribution in [3.05, 3.63) is 95.8 Å². The lowest BCUT2D eigenvalue weighted by atomic mass is 10.0. The summed E-state index contributed by atoms with van der Waals surface area (Å²) in [7, 11) is 0.832. The Morgan fingerprint density at radius 1 is 1.04 bits per heavy atom. The molecule has 3 aromatic carbocycles. The van der Waals surface area contributed by atoms with E-state index in [9.17, 15) is 17.6 Å². The van der Waals surface area contributed by atoms with Crippen molar-refractivity contribution in [1.82, 2.24) is 24.6 Å². The van der Waals surface area contributed by atoms with Gasteiger partial charge < -0.3 is 14.5 Å². The van der Waals surface area contributed by atoms with Crippen LogP contribution in [-0.4, -0.2) is 80.2 Å². The van der Waals surface area contributed by atoms with E-state index in [1.165, 1.54) is 44.4 Å². The molecule has 1 aliphatic heterocycles. The highest BCUT2D eigenvalue weighted by molar-refractivity contribution is 7.92. The molecule has 1 N–H and O–H groups in total. The summed E-state index contributed by atoms with van der Waals surface area (Å²) in [6, 6.07) is 19.0. The highest BCUT2D eigenvalue weighted by Crippen LogP contribution is 2.41. The first-order valence-electron chi connectivity index (χ1n) is 16.6. The molecule has 0 unspecified atom stereocenters. The lowest BCUT2D eigenvalue weighted by Crippen LogP contribution is -2.25. The van der Waals surface area contributed by atoms with E-state index in [4.69, 9.17) is 19.1 Å². The number of fused-ring (bicyclic) bond motifs is 6. The number of carbonyl (C=O) groups is 1. The van der Waals surface area contributed by atoms with Gasteiger partial charge in [0.25, 0.3) is 5.91 Å². The summed E-state index contributed by atoms with van der Waals surface area (Å²) in [5.41, 5.74) is 4.26. The number of methoxy groups -OCH3 is 1. The second-order valence-electron chi connectivity index (χ2n) is 13.0. The highest BCUT2D eigenvalue weighted by atomic mass is 32.2.